The van der Waals surface area contributed by atoms with Gasteiger partial charge in [-0.25, -0.2) is 4.79 Å². The first kappa shape index (κ1) is 18.8. The second-order valence-electron chi connectivity index (χ2n) is 5.36. The molecule has 0 bridgehead atoms. The van der Waals surface area contributed by atoms with E-state index in [4.69, 9.17) is 9.47 Å². The first-order chi connectivity index (χ1) is 11.7. The molecule has 9 heteroatoms. The average Bonchev–Trinajstić information content (AvgIpc) is 2.53. The standard InChI is InChI=1S/C16H17F3N2O4/c1-9-12(14(22)25-8-7-24-2)13(21-15(23)20-9)10-3-5-11(6-4-10)16(17,18)19/h3-6,12-13H,1,7-8H2,2H3,(H2,20,21,23)/t12-,13+/m0/s1. The number of carbonyl (C=O) groups is 2. The van der Waals surface area contributed by atoms with Gasteiger partial charge in [0.25, 0.3) is 0 Å². The predicted molar refractivity (Wildman–Crippen MR) is 81.3 cm³/mol. The summed E-state index contributed by atoms with van der Waals surface area (Å²) in [6.45, 7) is 3.84. The number of ether oxygens (including phenoxy) is 2. The molecule has 1 fully saturated rings. The van der Waals surface area contributed by atoms with Gasteiger partial charge in [0.15, 0.2) is 0 Å². The number of urea groups is 1. The van der Waals surface area contributed by atoms with Gasteiger partial charge in [0.05, 0.1) is 18.2 Å². The van der Waals surface area contributed by atoms with Crippen molar-refractivity contribution in [2.45, 2.75) is 12.2 Å². The summed E-state index contributed by atoms with van der Waals surface area (Å²) in [5, 5.41) is 4.90. The number of benzene rings is 1. The van der Waals surface area contributed by atoms with Crippen molar-refractivity contribution in [2.24, 2.45) is 5.92 Å². The van der Waals surface area contributed by atoms with Crippen molar-refractivity contribution in [3.8, 4) is 0 Å². The Balaban J connectivity index is 2.25. The van der Waals surface area contributed by atoms with E-state index < -0.39 is 35.7 Å². The van der Waals surface area contributed by atoms with Gasteiger partial charge in [-0.1, -0.05) is 18.7 Å². The summed E-state index contributed by atoms with van der Waals surface area (Å²) in [7, 11) is 1.44. The number of methoxy groups -OCH3 is 1. The number of esters is 1. The Bertz CT molecular complexity index is 658. The van der Waals surface area contributed by atoms with Crippen molar-refractivity contribution in [3.63, 3.8) is 0 Å². The Labute approximate surface area is 142 Å². The molecule has 25 heavy (non-hydrogen) atoms. The minimum absolute atomic E-state index is 0.00674. The lowest BCUT2D eigenvalue weighted by Gasteiger charge is -2.33. The van der Waals surface area contributed by atoms with Gasteiger partial charge < -0.3 is 20.1 Å². The van der Waals surface area contributed by atoms with Crippen LogP contribution in [0.15, 0.2) is 36.5 Å². The van der Waals surface area contributed by atoms with E-state index in [1.54, 1.807) is 0 Å². The summed E-state index contributed by atoms with van der Waals surface area (Å²) in [5.41, 5.74) is -0.386. The number of rotatable bonds is 5. The van der Waals surface area contributed by atoms with E-state index in [0.29, 0.717) is 5.56 Å². The molecule has 136 valence electrons. The molecule has 1 aromatic carbocycles. The van der Waals surface area contributed by atoms with Crippen molar-refractivity contribution < 1.29 is 32.2 Å². The maximum Gasteiger partial charge on any atom is 0.416 e. The summed E-state index contributed by atoms with van der Waals surface area (Å²) < 4.78 is 47.9. The van der Waals surface area contributed by atoms with Gasteiger partial charge in [-0.2, -0.15) is 13.2 Å². The number of carbonyl (C=O) groups excluding carboxylic acids is 2. The van der Waals surface area contributed by atoms with E-state index >= 15 is 0 Å². The van der Waals surface area contributed by atoms with Crippen LogP contribution in [-0.4, -0.2) is 32.3 Å². The number of nitrogens with one attached hydrogen (secondary N) is 2. The van der Waals surface area contributed by atoms with Gasteiger partial charge in [-0.3, -0.25) is 4.79 Å². The zero-order valence-corrected chi connectivity index (χ0v) is 13.4. The highest BCUT2D eigenvalue weighted by atomic mass is 19.4. The molecule has 1 saturated heterocycles. The molecule has 2 rings (SSSR count). The fourth-order valence-corrected chi connectivity index (χ4v) is 2.43. The highest BCUT2D eigenvalue weighted by Gasteiger charge is 2.39. The first-order valence-electron chi connectivity index (χ1n) is 7.33. The Hall–Kier alpha value is -2.55. The van der Waals surface area contributed by atoms with Crippen LogP contribution in [-0.2, 0) is 20.4 Å². The van der Waals surface area contributed by atoms with Gasteiger partial charge in [0, 0.05) is 12.8 Å². The highest BCUT2D eigenvalue weighted by molar-refractivity contribution is 5.85. The Morgan fingerprint density at radius 2 is 1.88 bits per heavy atom. The minimum Gasteiger partial charge on any atom is -0.463 e. The number of alkyl halides is 3. The van der Waals surface area contributed by atoms with Crippen molar-refractivity contribution >= 4 is 12.0 Å². The molecule has 1 aromatic rings. The van der Waals surface area contributed by atoms with Crippen molar-refractivity contribution in [3.05, 3.63) is 47.7 Å². The van der Waals surface area contributed by atoms with Crippen LogP contribution < -0.4 is 10.6 Å². The summed E-state index contributed by atoms with van der Waals surface area (Å²) in [5.74, 6) is -1.65. The normalized spacial score (nSPS) is 20.6. The van der Waals surface area contributed by atoms with Gasteiger partial charge in [0.2, 0.25) is 0 Å². The number of amides is 2. The van der Waals surface area contributed by atoms with Crippen LogP contribution in [0.1, 0.15) is 17.2 Å². The van der Waals surface area contributed by atoms with Crippen LogP contribution >= 0.6 is 0 Å². The SMILES string of the molecule is C=C1NC(=O)N[C@H](c2ccc(C(F)(F)F)cc2)[C@H]1C(=O)OCCOC. The topological polar surface area (TPSA) is 76.7 Å². The molecule has 2 amide bonds. The van der Waals surface area contributed by atoms with E-state index in [9.17, 15) is 22.8 Å². The smallest absolute Gasteiger partial charge is 0.416 e. The molecular weight excluding hydrogens is 341 g/mol. The predicted octanol–water partition coefficient (Wildman–Crippen LogP) is 2.38. The quantitative estimate of drug-likeness (QED) is 0.626. The molecular formula is C16H17F3N2O4. The minimum atomic E-state index is -4.47. The van der Waals surface area contributed by atoms with Gasteiger partial charge in [0.1, 0.15) is 12.5 Å². The van der Waals surface area contributed by atoms with E-state index in [-0.39, 0.29) is 18.9 Å². The van der Waals surface area contributed by atoms with Crippen LogP contribution in [0.25, 0.3) is 0 Å². The molecule has 0 unspecified atom stereocenters. The average molecular weight is 358 g/mol. The van der Waals surface area contributed by atoms with Gasteiger partial charge >= 0.3 is 18.2 Å². The monoisotopic (exact) mass is 358 g/mol. The van der Waals surface area contributed by atoms with Crippen LogP contribution in [0.4, 0.5) is 18.0 Å². The molecule has 0 aliphatic carbocycles. The lowest BCUT2D eigenvalue weighted by molar-refractivity contribution is -0.149. The van der Waals surface area contributed by atoms with E-state index in [2.05, 4.69) is 17.2 Å². The van der Waals surface area contributed by atoms with E-state index in [1.165, 1.54) is 19.2 Å². The molecule has 2 atom stereocenters. The fourth-order valence-electron chi connectivity index (χ4n) is 2.43. The molecule has 2 N–H and O–H groups in total. The van der Waals surface area contributed by atoms with E-state index in [0.717, 1.165) is 12.1 Å². The maximum absolute atomic E-state index is 12.7. The Kier molecular flexibility index (Phi) is 5.68. The number of hydrogen-bond donors (Lipinski definition) is 2. The Morgan fingerprint density at radius 1 is 1.24 bits per heavy atom. The molecule has 1 aliphatic heterocycles. The summed E-state index contributed by atoms with van der Waals surface area (Å²) >= 11 is 0. The van der Waals surface area contributed by atoms with Crippen LogP contribution in [0.5, 0.6) is 0 Å². The molecule has 0 aromatic heterocycles. The zero-order chi connectivity index (χ0) is 18.6. The summed E-state index contributed by atoms with van der Waals surface area (Å²) in [6, 6.07) is 2.71. The van der Waals surface area contributed by atoms with Crippen LogP contribution in [0.2, 0.25) is 0 Å². The molecule has 0 spiro atoms. The van der Waals surface area contributed by atoms with Crippen molar-refractivity contribution in [2.75, 3.05) is 20.3 Å². The molecule has 0 radical (unpaired) electrons. The third kappa shape index (κ3) is 4.50. The lowest BCUT2D eigenvalue weighted by Crippen LogP contribution is -2.51. The van der Waals surface area contributed by atoms with E-state index in [1.807, 2.05) is 0 Å². The lowest BCUT2D eigenvalue weighted by atomic mass is 9.88. The van der Waals surface area contributed by atoms with Crippen molar-refractivity contribution in [1.82, 2.24) is 10.6 Å². The van der Waals surface area contributed by atoms with Crippen LogP contribution in [0, 0.1) is 5.92 Å². The molecule has 1 aliphatic rings. The second-order valence-corrected chi connectivity index (χ2v) is 5.36. The third-order valence-electron chi connectivity index (χ3n) is 3.65. The number of hydrogen-bond acceptors (Lipinski definition) is 4. The maximum atomic E-state index is 12.7. The zero-order valence-electron chi connectivity index (χ0n) is 13.4. The summed E-state index contributed by atoms with van der Waals surface area (Å²) in [6.07, 6.45) is -4.47. The number of halogens is 3. The molecule has 0 saturated carbocycles. The first-order valence-corrected chi connectivity index (χ1v) is 7.33. The second kappa shape index (κ2) is 7.56. The molecule has 1 heterocycles. The fraction of sp³-hybridized carbons (Fsp3) is 0.375. The third-order valence-corrected chi connectivity index (χ3v) is 3.65. The van der Waals surface area contributed by atoms with Gasteiger partial charge in [-0.15, -0.1) is 0 Å². The van der Waals surface area contributed by atoms with Gasteiger partial charge in [-0.05, 0) is 17.7 Å². The summed E-state index contributed by atoms with van der Waals surface area (Å²) in [4.78, 5) is 24.0. The Morgan fingerprint density at radius 3 is 2.44 bits per heavy atom. The largest absolute Gasteiger partial charge is 0.463 e. The highest BCUT2D eigenvalue weighted by Crippen LogP contribution is 2.33. The molecule has 6 nitrogen and oxygen atoms in total. The van der Waals surface area contributed by atoms with Crippen LogP contribution in [0.3, 0.4) is 0 Å². The van der Waals surface area contributed by atoms with Crippen molar-refractivity contribution in [1.29, 1.82) is 0 Å².